The summed E-state index contributed by atoms with van der Waals surface area (Å²) in [5.41, 5.74) is -1.08. The van der Waals surface area contributed by atoms with Crippen molar-refractivity contribution >= 4 is 44.9 Å². The molecule has 3 heterocycles. The lowest BCUT2D eigenvalue weighted by atomic mass is 9.85. The number of amides is 4. The number of fused-ring (bicyclic) bond motifs is 5. The third kappa shape index (κ3) is 8.81. The van der Waals surface area contributed by atoms with Crippen molar-refractivity contribution in [1.29, 1.82) is 0 Å². The fourth-order valence-electron chi connectivity index (χ4n) is 8.57. The molecule has 4 amide bonds. The first-order valence-corrected chi connectivity index (χ1v) is 21.9. The largest absolute Gasteiger partial charge is 0.497 e. The van der Waals surface area contributed by atoms with Crippen LogP contribution < -0.4 is 24.8 Å². The van der Waals surface area contributed by atoms with E-state index in [4.69, 9.17) is 24.2 Å². The van der Waals surface area contributed by atoms with E-state index < -0.39 is 92.9 Å². The first-order valence-electron chi connectivity index (χ1n) is 20.4. The first-order chi connectivity index (χ1) is 27.4. The number of alkyl carbamates (subject to hydrolysis) is 1. The van der Waals surface area contributed by atoms with Gasteiger partial charge < -0.3 is 29.7 Å². The highest BCUT2D eigenvalue weighted by Crippen LogP contribution is 2.49. The number of benzene rings is 1. The van der Waals surface area contributed by atoms with Crippen molar-refractivity contribution in [2.24, 2.45) is 23.2 Å². The lowest BCUT2D eigenvalue weighted by molar-refractivity contribution is -0.143. The minimum absolute atomic E-state index is 0.142. The summed E-state index contributed by atoms with van der Waals surface area (Å²) in [4.78, 5) is 67.7. The van der Waals surface area contributed by atoms with Crippen LogP contribution in [0.5, 0.6) is 11.6 Å². The topological polar surface area (TPSA) is 195 Å². The maximum Gasteiger partial charge on any atom is 0.408 e. The third-order valence-corrected chi connectivity index (χ3v) is 14.1. The molecule has 2 aliphatic heterocycles. The number of aryl methyl sites for hydroxylation is 1. The second kappa shape index (κ2) is 16.0. The zero-order chi connectivity index (χ0) is 41.7. The summed E-state index contributed by atoms with van der Waals surface area (Å²) in [6.07, 6.45) is 0.0330. The normalized spacial score (nSPS) is 30.5. The van der Waals surface area contributed by atoms with E-state index >= 15 is 0 Å². The summed E-state index contributed by atoms with van der Waals surface area (Å²) in [7, 11) is -2.55. The fraction of sp³-hybridized carbons (Fsp3) is 0.700. The number of alkyl halides is 2. The van der Waals surface area contributed by atoms with Gasteiger partial charge in [-0.2, -0.15) is 0 Å². The third-order valence-electron chi connectivity index (χ3n) is 12.3. The molecule has 18 heteroatoms. The number of nitrogens with one attached hydrogen (secondary N) is 3. The van der Waals surface area contributed by atoms with Crippen molar-refractivity contribution in [3.63, 3.8) is 0 Å². The molecule has 4 fully saturated rings. The molecule has 15 nitrogen and oxygen atoms in total. The zero-order valence-corrected chi connectivity index (χ0v) is 34.4. The van der Waals surface area contributed by atoms with Crippen LogP contribution in [0, 0.1) is 23.2 Å². The average molecular weight is 833 g/mol. The standard InChI is InChI=1S/C40H54F2N6O9S/c1-6-25-30-20-48(32(25)34(49)46-40(19-22(40)17-31(41)42)37(51)47-58(53,54)24-13-14-24)36(50)33(39(2,3)4)45-38(52)57-29-16-21(29)10-8-7-9-11-27-35(56-30)44-28-18-23(55-5)12-15-26(28)43-27/h12,15,18,21-22,24-25,29-33H,6-11,13-14,16-17,19-20H2,1-5H3,(H,45,52)(H,46,49)(H,47,51)/t21-,22-,25-,29-,30+,32+,33-,40-/m1/s1. The van der Waals surface area contributed by atoms with Crippen LogP contribution in [-0.2, 0) is 35.6 Å². The van der Waals surface area contributed by atoms with Gasteiger partial charge in [0.2, 0.25) is 34.1 Å². The van der Waals surface area contributed by atoms with E-state index in [0.717, 1.165) is 32.1 Å². The molecule has 2 aromatic rings. The van der Waals surface area contributed by atoms with Gasteiger partial charge in [0.05, 0.1) is 29.9 Å². The predicted molar refractivity (Wildman–Crippen MR) is 206 cm³/mol. The van der Waals surface area contributed by atoms with E-state index in [0.29, 0.717) is 41.7 Å². The van der Waals surface area contributed by atoms with Crippen molar-refractivity contribution < 1.29 is 50.6 Å². The number of carbonyl (C=O) groups excluding carboxylic acids is 4. The highest BCUT2D eigenvalue weighted by molar-refractivity contribution is 7.91. The SMILES string of the molecule is CC[C@@H]1[C@@H]2CN(C(=O)[C@H](C(C)(C)C)NC(=O)O[C@@H]3C[C@H]3CCCCCc3nc4ccc(OC)cc4nc3O2)[C@@H]1C(=O)N[C@]1(C(=O)NS(=O)(=O)C2CC2)C[C@H]1CC(F)F. The Hall–Kier alpha value is -4.35. The Bertz CT molecular complexity index is 2050. The Morgan fingerprint density at radius 3 is 2.50 bits per heavy atom. The van der Waals surface area contributed by atoms with Gasteiger partial charge in [-0.1, -0.05) is 40.5 Å². The number of aromatic nitrogens is 2. The molecule has 1 aromatic heterocycles. The summed E-state index contributed by atoms with van der Waals surface area (Å²) in [6, 6.07) is 2.84. The summed E-state index contributed by atoms with van der Waals surface area (Å²) in [6.45, 7) is 6.97. The Morgan fingerprint density at radius 1 is 1.07 bits per heavy atom. The zero-order valence-electron chi connectivity index (χ0n) is 33.6. The molecule has 2 bridgehead atoms. The van der Waals surface area contributed by atoms with E-state index in [9.17, 15) is 36.4 Å². The van der Waals surface area contributed by atoms with Gasteiger partial charge in [0.1, 0.15) is 41.3 Å². The smallest absolute Gasteiger partial charge is 0.408 e. The van der Waals surface area contributed by atoms with E-state index in [-0.39, 0.29) is 37.3 Å². The van der Waals surface area contributed by atoms with Crippen molar-refractivity contribution in [2.45, 2.75) is 140 Å². The van der Waals surface area contributed by atoms with Gasteiger partial charge in [0.15, 0.2) is 0 Å². The van der Waals surface area contributed by atoms with Gasteiger partial charge in [-0.3, -0.25) is 19.1 Å². The molecule has 318 valence electrons. The van der Waals surface area contributed by atoms with Crippen LogP contribution in [0.4, 0.5) is 13.6 Å². The molecule has 1 saturated heterocycles. The second-order valence-electron chi connectivity index (χ2n) is 17.6. The number of sulfonamides is 1. The molecule has 0 spiro atoms. The van der Waals surface area contributed by atoms with Crippen LogP contribution >= 0.6 is 0 Å². The number of hydrogen-bond donors (Lipinski definition) is 3. The van der Waals surface area contributed by atoms with Gasteiger partial charge in [0, 0.05) is 18.4 Å². The average Bonchev–Trinajstić information content (AvgIpc) is 4.09. The highest BCUT2D eigenvalue weighted by atomic mass is 32.2. The quantitative estimate of drug-likeness (QED) is 0.324. The van der Waals surface area contributed by atoms with Crippen LogP contribution in [0.1, 0.15) is 97.6 Å². The summed E-state index contributed by atoms with van der Waals surface area (Å²) >= 11 is 0. The maximum atomic E-state index is 14.9. The summed E-state index contributed by atoms with van der Waals surface area (Å²) in [5.74, 6) is -3.32. The Balaban J connectivity index is 1.27. The molecule has 5 aliphatic rings. The first kappa shape index (κ1) is 41.8. The van der Waals surface area contributed by atoms with E-state index in [1.54, 1.807) is 40.0 Å². The molecule has 3 N–H and O–H groups in total. The van der Waals surface area contributed by atoms with Gasteiger partial charge in [0.25, 0.3) is 5.91 Å². The maximum absolute atomic E-state index is 14.9. The van der Waals surface area contributed by atoms with Crippen molar-refractivity contribution in [1.82, 2.24) is 30.2 Å². The number of rotatable bonds is 9. The van der Waals surface area contributed by atoms with E-state index in [1.165, 1.54) is 4.90 Å². The van der Waals surface area contributed by atoms with E-state index in [1.807, 2.05) is 17.7 Å². The van der Waals surface area contributed by atoms with Crippen LogP contribution in [0.15, 0.2) is 18.2 Å². The Kier molecular flexibility index (Phi) is 11.5. The molecular weight excluding hydrogens is 779 g/mol. The number of methoxy groups -OCH3 is 1. The lowest BCUT2D eigenvalue weighted by Gasteiger charge is -2.36. The van der Waals surface area contributed by atoms with Gasteiger partial charge in [-0.25, -0.2) is 32.0 Å². The molecule has 0 radical (unpaired) electrons. The Morgan fingerprint density at radius 2 is 1.83 bits per heavy atom. The molecule has 7 rings (SSSR count). The van der Waals surface area contributed by atoms with E-state index in [2.05, 4.69) is 10.6 Å². The fourth-order valence-corrected chi connectivity index (χ4v) is 9.94. The van der Waals surface area contributed by atoms with Crippen molar-refractivity contribution in [3.8, 4) is 11.6 Å². The second-order valence-corrected chi connectivity index (χ2v) is 19.6. The molecule has 1 aromatic carbocycles. The summed E-state index contributed by atoms with van der Waals surface area (Å²) < 4.78 is 73.1. The van der Waals surface area contributed by atoms with Crippen molar-refractivity contribution in [3.05, 3.63) is 23.9 Å². The molecule has 8 atom stereocenters. The molecular formula is C40H54F2N6O9S. The molecule has 3 aliphatic carbocycles. The number of nitrogens with zero attached hydrogens (tertiary/aromatic N) is 3. The number of ether oxygens (including phenoxy) is 3. The molecule has 3 saturated carbocycles. The minimum Gasteiger partial charge on any atom is -0.497 e. The van der Waals surface area contributed by atoms with Gasteiger partial charge >= 0.3 is 6.09 Å². The minimum atomic E-state index is -4.09. The Labute approximate surface area is 337 Å². The highest BCUT2D eigenvalue weighted by Gasteiger charge is 2.64. The number of halogens is 2. The summed E-state index contributed by atoms with van der Waals surface area (Å²) in [5, 5.41) is 4.66. The molecule has 58 heavy (non-hydrogen) atoms. The van der Waals surface area contributed by atoms with Crippen LogP contribution in [0.2, 0.25) is 0 Å². The molecule has 0 unspecified atom stereocenters. The monoisotopic (exact) mass is 832 g/mol. The van der Waals surface area contributed by atoms with Crippen LogP contribution in [0.3, 0.4) is 0 Å². The van der Waals surface area contributed by atoms with Gasteiger partial charge in [-0.15, -0.1) is 0 Å². The number of carbonyl (C=O) groups is 4. The van der Waals surface area contributed by atoms with Crippen molar-refractivity contribution in [2.75, 3.05) is 13.7 Å². The number of hydrogen-bond acceptors (Lipinski definition) is 11. The predicted octanol–water partition coefficient (Wildman–Crippen LogP) is 4.41. The van der Waals surface area contributed by atoms with Gasteiger partial charge in [-0.05, 0) is 80.8 Å². The lowest BCUT2D eigenvalue weighted by Crippen LogP contribution is -2.61. The van der Waals surface area contributed by atoms with Crippen LogP contribution in [-0.4, -0.2) is 102 Å². The van der Waals surface area contributed by atoms with Crippen LogP contribution in [0.25, 0.3) is 11.0 Å².